The number of hydrogen-bond donors (Lipinski definition) is 1. The fourth-order valence-electron chi connectivity index (χ4n) is 4.10. The van der Waals surface area contributed by atoms with Crippen molar-refractivity contribution in [1.29, 1.82) is 0 Å². The van der Waals surface area contributed by atoms with Crippen LogP contribution in [-0.4, -0.2) is 51.8 Å². The van der Waals surface area contributed by atoms with Gasteiger partial charge in [-0.15, -0.1) is 5.10 Å². The zero-order valence-electron chi connectivity index (χ0n) is 16.8. The molecule has 2 heterocycles. The molecule has 0 bridgehead atoms. The van der Waals surface area contributed by atoms with Crippen LogP contribution in [0, 0.1) is 0 Å². The molecule has 29 heavy (non-hydrogen) atoms. The van der Waals surface area contributed by atoms with E-state index in [-0.39, 0.29) is 12.6 Å². The van der Waals surface area contributed by atoms with E-state index in [1.54, 1.807) is 11.8 Å². The lowest BCUT2D eigenvalue weighted by atomic mass is 9.89. The van der Waals surface area contributed by atoms with Gasteiger partial charge in [0, 0.05) is 6.54 Å². The standard InChI is InChI=1S/C23H28N4O2/c1-29-22-9-5-8-20(14-22)18-10-12-26(13-11-18)15-21-16-27(25-24-21)23(17-28)19-6-3-2-4-7-19/h2-9,14,16,18,23,28H,10-13,15,17H2,1H3. The Hall–Kier alpha value is -2.70. The maximum atomic E-state index is 9.83. The van der Waals surface area contributed by atoms with Crippen molar-refractivity contribution < 1.29 is 9.84 Å². The number of hydrogen-bond acceptors (Lipinski definition) is 5. The number of benzene rings is 2. The molecule has 4 rings (SSSR count). The van der Waals surface area contributed by atoms with Crippen LogP contribution in [0.5, 0.6) is 5.75 Å². The SMILES string of the molecule is COc1cccc(C2CCN(Cc3cn(C(CO)c4ccccc4)nn3)CC2)c1. The summed E-state index contributed by atoms with van der Waals surface area (Å²) in [6.45, 7) is 2.87. The lowest BCUT2D eigenvalue weighted by molar-refractivity contribution is 0.202. The smallest absolute Gasteiger partial charge is 0.119 e. The van der Waals surface area contributed by atoms with E-state index in [2.05, 4.69) is 33.4 Å². The van der Waals surface area contributed by atoms with Gasteiger partial charge in [0.05, 0.1) is 25.6 Å². The van der Waals surface area contributed by atoms with Crippen molar-refractivity contribution in [3.8, 4) is 5.75 Å². The first-order valence-corrected chi connectivity index (χ1v) is 10.2. The first-order valence-electron chi connectivity index (χ1n) is 10.2. The van der Waals surface area contributed by atoms with Crippen LogP contribution in [0.15, 0.2) is 60.8 Å². The van der Waals surface area contributed by atoms with E-state index in [0.717, 1.165) is 49.5 Å². The maximum Gasteiger partial charge on any atom is 0.119 e. The molecule has 1 aliphatic rings. The second-order valence-corrected chi connectivity index (χ2v) is 7.63. The molecular weight excluding hydrogens is 364 g/mol. The molecule has 1 aromatic heterocycles. The van der Waals surface area contributed by atoms with E-state index in [4.69, 9.17) is 4.74 Å². The summed E-state index contributed by atoms with van der Waals surface area (Å²) in [5.74, 6) is 1.51. The molecule has 3 aromatic rings. The van der Waals surface area contributed by atoms with Crippen LogP contribution >= 0.6 is 0 Å². The summed E-state index contributed by atoms with van der Waals surface area (Å²) in [5.41, 5.74) is 3.34. The van der Waals surface area contributed by atoms with Crippen LogP contribution in [0.1, 0.15) is 41.6 Å². The lowest BCUT2D eigenvalue weighted by Crippen LogP contribution is -2.32. The predicted octanol–water partition coefficient (Wildman–Crippen LogP) is 3.25. The van der Waals surface area contributed by atoms with Gasteiger partial charge in [-0.25, -0.2) is 4.68 Å². The van der Waals surface area contributed by atoms with E-state index < -0.39 is 0 Å². The highest BCUT2D eigenvalue weighted by atomic mass is 16.5. The first kappa shape index (κ1) is 19.6. The Morgan fingerprint density at radius 1 is 1.10 bits per heavy atom. The van der Waals surface area contributed by atoms with Crippen LogP contribution in [0.4, 0.5) is 0 Å². The van der Waals surface area contributed by atoms with Crippen LogP contribution in [0.2, 0.25) is 0 Å². The first-order chi connectivity index (χ1) is 14.3. The van der Waals surface area contributed by atoms with Gasteiger partial charge in [0.15, 0.2) is 0 Å². The van der Waals surface area contributed by atoms with Crippen molar-refractivity contribution in [1.82, 2.24) is 19.9 Å². The molecule has 0 saturated carbocycles. The highest BCUT2D eigenvalue weighted by Crippen LogP contribution is 2.30. The third-order valence-corrected chi connectivity index (χ3v) is 5.77. The van der Waals surface area contributed by atoms with Gasteiger partial charge in [0.1, 0.15) is 11.8 Å². The van der Waals surface area contributed by atoms with Crippen LogP contribution < -0.4 is 4.74 Å². The molecule has 1 unspecified atom stereocenters. The largest absolute Gasteiger partial charge is 0.497 e. The summed E-state index contributed by atoms with van der Waals surface area (Å²) in [7, 11) is 1.72. The Morgan fingerprint density at radius 2 is 1.90 bits per heavy atom. The molecule has 152 valence electrons. The number of nitrogens with zero attached hydrogens (tertiary/aromatic N) is 4. The molecule has 1 N–H and O–H groups in total. The van der Waals surface area contributed by atoms with Crippen molar-refractivity contribution in [3.05, 3.63) is 77.6 Å². The Kier molecular flexibility index (Phi) is 6.22. The quantitative estimate of drug-likeness (QED) is 0.669. The van der Waals surface area contributed by atoms with Crippen molar-refractivity contribution in [2.24, 2.45) is 0 Å². The third kappa shape index (κ3) is 4.66. The summed E-state index contributed by atoms with van der Waals surface area (Å²) >= 11 is 0. The Balaban J connectivity index is 1.35. The minimum Gasteiger partial charge on any atom is -0.497 e. The van der Waals surface area contributed by atoms with Crippen molar-refractivity contribution in [2.75, 3.05) is 26.8 Å². The Morgan fingerprint density at radius 3 is 2.62 bits per heavy atom. The van der Waals surface area contributed by atoms with E-state index in [1.807, 2.05) is 42.6 Å². The zero-order valence-corrected chi connectivity index (χ0v) is 16.8. The number of piperidine rings is 1. The second-order valence-electron chi connectivity index (χ2n) is 7.63. The van der Waals surface area contributed by atoms with Crippen molar-refractivity contribution >= 4 is 0 Å². The molecule has 0 aliphatic carbocycles. The number of aliphatic hydroxyl groups excluding tert-OH is 1. The normalized spacial score (nSPS) is 16.6. The van der Waals surface area contributed by atoms with Gasteiger partial charge in [0.25, 0.3) is 0 Å². The monoisotopic (exact) mass is 392 g/mol. The van der Waals surface area contributed by atoms with Crippen molar-refractivity contribution in [2.45, 2.75) is 31.3 Å². The van der Waals surface area contributed by atoms with Crippen molar-refractivity contribution in [3.63, 3.8) is 0 Å². The summed E-state index contributed by atoms with van der Waals surface area (Å²) in [4.78, 5) is 2.43. The molecule has 0 spiro atoms. The van der Waals surface area contributed by atoms with E-state index >= 15 is 0 Å². The molecule has 1 saturated heterocycles. The van der Waals surface area contributed by atoms with E-state index in [0.29, 0.717) is 5.92 Å². The van der Waals surface area contributed by atoms with Gasteiger partial charge in [-0.05, 0) is 55.1 Å². The van der Waals surface area contributed by atoms with Crippen LogP contribution in [0.25, 0.3) is 0 Å². The zero-order chi connectivity index (χ0) is 20.1. The number of ether oxygens (including phenoxy) is 1. The molecule has 6 nitrogen and oxygen atoms in total. The minimum absolute atomic E-state index is 0.00124. The number of aromatic nitrogens is 3. The fourth-order valence-corrected chi connectivity index (χ4v) is 4.10. The highest BCUT2D eigenvalue weighted by Gasteiger charge is 2.22. The maximum absolute atomic E-state index is 9.83. The lowest BCUT2D eigenvalue weighted by Gasteiger charge is -2.31. The van der Waals surface area contributed by atoms with Gasteiger partial charge in [0.2, 0.25) is 0 Å². The van der Waals surface area contributed by atoms with Crippen LogP contribution in [0.3, 0.4) is 0 Å². The average molecular weight is 393 g/mol. The average Bonchev–Trinajstić information content (AvgIpc) is 3.23. The fraction of sp³-hybridized carbons (Fsp3) is 0.391. The number of rotatable bonds is 7. The Labute approximate surface area is 171 Å². The van der Waals surface area contributed by atoms with Gasteiger partial charge < -0.3 is 9.84 Å². The molecule has 1 fully saturated rings. The molecule has 0 amide bonds. The molecule has 2 aromatic carbocycles. The Bertz CT molecular complexity index is 904. The summed E-state index contributed by atoms with van der Waals surface area (Å²) in [6, 6.07) is 18.2. The molecular formula is C23H28N4O2. The topological polar surface area (TPSA) is 63.4 Å². The minimum atomic E-state index is -0.198. The summed E-state index contributed by atoms with van der Waals surface area (Å²) in [6.07, 6.45) is 4.22. The van der Waals surface area contributed by atoms with E-state index in [1.165, 1.54) is 5.56 Å². The van der Waals surface area contributed by atoms with Gasteiger partial charge in [-0.1, -0.05) is 47.7 Å². The van der Waals surface area contributed by atoms with Gasteiger partial charge >= 0.3 is 0 Å². The highest BCUT2D eigenvalue weighted by molar-refractivity contribution is 5.31. The summed E-state index contributed by atoms with van der Waals surface area (Å²) < 4.78 is 7.13. The van der Waals surface area contributed by atoms with E-state index in [9.17, 15) is 5.11 Å². The molecule has 6 heteroatoms. The predicted molar refractivity (Wildman–Crippen MR) is 112 cm³/mol. The van der Waals surface area contributed by atoms with Crippen LogP contribution in [-0.2, 0) is 6.54 Å². The molecule has 1 atom stereocenters. The van der Waals surface area contributed by atoms with Gasteiger partial charge in [-0.2, -0.15) is 0 Å². The number of methoxy groups -OCH3 is 1. The van der Waals surface area contributed by atoms with Gasteiger partial charge in [-0.3, -0.25) is 4.90 Å². The molecule has 0 radical (unpaired) electrons. The number of likely N-dealkylation sites (tertiary alicyclic amines) is 1. The number of aliphatic hydroxyl groups is 1. The third-order valence-electron chi connectivity index (χ3n) is 5.77. The summed E-state index contributed by atoms with van der Waals surface area (Å²) in [5, 5.41) is 18.5. The molecule has 1 aliphatic heterocycles. The second kappa shape index (κ2) is 9.20.